The maximum absolute atomic E-state index is 13.9. The second-order valence-corrected chi connectivity index (χ2v) is 6.56. The Kier molecular flexibility index (Phi) is 3.71. The molecule has 4 nitrogen and oxygen atoms in total. The minimum Gasteiger partial charge on any atom is -0.323 e. The van der Waals surface area contributed by atoms with Gasteiger partial charge in [0.2, 0.25) is 5.91 Å². The van der Waals surface area contributed by atoms with Crippen molar-refractivity contribution < 1.29 is 9.18 Å². The largest absolute Gasteiger partial charge is 0.323 e. The van der Waals surface area contributed by atoms with Crippen LogP contribution in [0.1, 0.15) is 24.1 Å². The van der Waals surface area contributed by atoms with Crippen LogP contribution in [-0.2, 0) is 4.79 Å². The van der Waals surface area contributed by atoms with Crippen LogP contribution in [0.5, 0.6) is 0 Å². The molecule has 1 fully saturated rings. The van der Waals surface area contributed by atoms with Gasteiger partial charge in [-0.05, 0) is 50.5 Å². The van der Waals surface area contributed by atoms with Crippen molar-refractivity contribution in [2.45, 2.75) is 26.7 Å². The van der Waals surface area contributed by atoms with Crippen LogP contribution in [0.25, 0.3) is 22.0 Å². The molecular formula is C20H18FN3O. The fourth-order valence-corrected chi connectivity index (χ4v) is 3.06. The van der Waals surface area contributed by atoms with Gasteiger partial charge < -0.3 is 5.32 Å². The second kappa shape index (κ2) is 5.92. The summed E-state index contributed by atoms with van der Waals surface area (Å²) in [6.45, 7) is 3.82. The van der Waals surface area contributed by atoms with E-state index in [9.17, 15) is 9.18 Å². The van der Waals surface area contributed by atoms with E-state index in [0.29, 0.717) is 16.9 Å². The normalized spacial score (nSPS) is 13.9. The first kappa shape index (κ1) is 15.7. The lowest BCUT2D eigenvalue weighted by atomic mass is 10.00. The van der Waals surface area contributed by atoms with E-state index in [4.69, 9.17) is 4.98 Å². The summed E-state index contributed by atoms with van der Waals surface area (Å²) >= 11 is 0. The van der Waals surface area contributed by atoms with Crippen LogP contribution in [-0.4, -0.2) is 15.9 Å². The van der Waals surface area contributed by atoms with Crippen molar-refractivity contribution >= 4 is 22.4 Å². The highest BCUT2D eigenvalue weighted by Gasteiger charge is 2.31. The van der Waals surface area contributed by atoms with E-state index in [1.807, 2.05) is 19.9 Å². The number of halogens is 1. The molecule has 2 heterocycles. The van der Waals surface area contributed by atoms with Gasteiger partial charge in [-0.25, -0.2) is 4.39 Å². The summed E-state index contributed by atoms with van der Waals surface area (Å²) in [7, 11) is 0. The van der Waals surface area contributed by atoms with E-state index in [1.165, 1.54) is 12.1 Å². The third kappa shape index (κ3) is 2.86. The fraction of sp³-hybridized carbons (Fsp3) is 0.250. The van der Waals surface area contributed by atoms with Gasteiger partial charge in [0.25, 0.3) is 0 Å². The number of pyridine rings is 2. The number of rotatable bonds is 3. The van der Waals surface area contributed by atoms with Crippen LogP contribution in [0.15, 0.2) is 36.7 Å². The Bertz CT molecular complexity index is 996. The molecule has 1 aliphatic carbocycles. The number of carbonyl (C=O) groups excluding carboxylic acids is 1. The number of anilines is 1. The molecule has 1 N–H and O–H groups in total. The summed E-state index contributed by atoms with van der Waals surface area (Å²) in [4.78, 5) is 21.3. The molecule has 1 aromatic carbocycles. The smallest absolute Gasteiger partial charge is 0.227 e. The molecule has 0 unspecified atom stereocenters. The van der Waals surface area contributed by atoms with Crippen LogP contribution in [0.3, 0.4) is 0 Å². The van der Waals surface area contributed by atoms with E-state index in [0.717, 1.165) is 34.9 Å². The number of nitrogens with zero attached hydrogens (tertiary/aromatic N) is 2. The molecule has 0 bridgehead atoms. The standard InChI is InChI=1S/C20H18FN3O/c1-11-3-6-14(21)9-16(11)18-19(24-20(25)13-4-5-13)17-10-22-8-7-15(17)12(2)23-18/h3,6-10,13H,4-5H2,1-2H3,(H,24,25). The Morgan fingerprint density at radius 3 is 2.76 bits per heavy atom. The van der Waals surface area contributed by atoms with Crippen LogP contribution < -0.4 is 5.32 Å². The molecule has 1 aliphatic rings. The van der Waals surface area contributed by atoms with Gasteiger partial charge in [0, 0.05) is 40.3 Å². The topological polar surface area (TPSA) is 54.9 Å². The molecule has 5 heteroatoms. The van der Waals surface area contributed by atoms with Gasteiger partial charge in [-0.1, -0.05) is 6.07 Å². The Morgan fingerprint density at radius 2 is 2.00 bits per heavy atom. The zero-order chi connectivity index (χ0) is 17.6. The van der Waals surface area contributed by atoms with Crippen LogP contribution in [0.2, 0.25) is 0 Å². The Labute approximate surface area is 145 Å². The average Bonchev–Trinajstić information content (AvgIpc) is 3.44. The first-order valence-electron chi connectivity index (χ1n) is 8.36. The zero-order valence-corrected chi connectivity index (χ0v) is 14.1. The molecule has 0 aliphatic heterocycles. The maximum atomic E-state index is 13.9. The van der Waals surface area contributed by atoms with Gasteiger partial charge >= 0.3 is 0 Å². The van der Waals surface area contributed by atoms with E-state index in [2.05, 4.69) is 10.3 Å². The number of hydrogen-bond acceptors (Lipinski definition) is 3. The van der Waals surface area contributed by atoms with Gasteiger partial charge in [-0.15, -0.1) is 0 Å². The number of amides is 1. The van der Waals surface area contributed by atoms with Gasteiger partial charge in [-0.2, -0.15) is 0 Å². The quantitative estimate of drug-likeness (QED) is 0.772. The molecule has 4 rings (SSSR count). The fourth-order valence-electron chi connectivity index (χ4n) is 3.06. The average molecular weight is 335 g/mol. The molecular weight excluding hydrogens is 317 g/mol. The monoisotopic (exact) mass is 335 g/mol. The number of aromatic nitrogens is 2. The maximum Gasteiger partial charge on any atom is 0.227 e. The van der Waals surface area contributed by atoms with E-state index in [-0.39, 0.29) is 17.6 Å². The number of hydrogen-bond donors (Lipinski definition) is 1. The summed E-state index contributed by atoms with van der Waals surface area (Å²) < 4.78 is 13.9. The van der Waals surface area contributed by atoms with Crippen molar-refractivity contribution in [2.24, 2.45) is 5.92 Å². The molecule has 0 atom stereocenters. The van der Waals surface area contributed by atoms with Crippen molar-refractivity contribution in [1.82, 2.24) is 9.97 Å². The molecule has 0 spiro atoms. The van der Waals surface area contributed by atoms with Crippen molar-refractivity contribution in [2.75, 3.05) is 5.32 Å². The number of fused-ring (bicyclic) bond motifs is 1. The predicted molar refractivity (Wildman–Crippen MR) is 95.8 cm³/mol. The number of benzene rings is 1. The van der Waals surface area contributed by atoms with E-state index in [1.54, 1.807) is 18.5 Å². The van der Waals surface area contributed by atoms with Crippen LogP contribution in [0, 0.1) is 25.6 Å². The van der Waals surface area contributed by atoms with E-state index < -0.39 is 0 Å². The number of nitrogens with one attached hydrogen (secondary N) is 1. The van der Waals surface area contributed by atoms with Gasteiger partial charge in [-0.3, -0.25) is 14.8 Å². The van der Waals surface area contributed by atoms with Crippen molar-refractivity contribution in [1.29, 1.82) is 0 Å². The third-order valence-electron chi connectivity index (χ3n) is 4.65. The summed E-state index contributed by atoms with van der Waals surface area (Å²) in [5.41, 5.74) is 3.60. The molecule has 25 heavy (non-hydrogen) atoms. The van der Waals surface area contributed by atoms with Gasteiger partial charge in [0.1, 0.15) is 5.82 Å². The minimum absolute atomic E-state index is 0.00823. The molecule has 0 radical (unpaired) electrons. The predicted octanol–water partition coefficient (Wildman–Crippen LogP) is 4.40. The number of aryl methyl sites for hydroxylation is 2. The first-order chi connectivity index (χ1) is 12.0. The summed E-state index contributed by atoms with van der Waals surface area (Å²) in [5.74, 6) is -0.272. The molecule has 3 aromatic rings. The highest BCUT2D eigenvalue weighted by Crippen LogP contribution is 2.38. The van der Waals surface area contributed by atoms with Gasteiger partial charge in [0.15, 0.2) is 0 Å². The molecule has 2 aromatic heterocycles. The van der Waals surface area contributed by atoms with Gasteiger partial charge in [0.05, 0.1) is 11.4 Å². The van der Waals surface area contributed by atoms with Crippen LogP contribution >= 0.6 is 0 Å². The second-order valence-electron chi connectivity index (χ2n) is 6.56. The molecule has 1 amide bonds. The lowest BCUT2D eigenvalue weighted by Crippen LogP contribution is -2.15. The van der Waals surface area contributed by atoms with Crippen molar-refractivity contribution in [3.63, 3.8) is 0 Å². The zero-order valence-electron chi connectivity index (χ0n) is 14.1. The molecule has 0 saturated heterocycles. The lowest BCUT2D eigenvalue weighted by Gasteiger charge is -2.16. The first-order valence-corrected chi connectivity index (χ1v) is 8.36. The summed E-state index contributed by atoms with van der Waals surface area (Å²) in [5, 5.41) is 4.78. The van der Waals surface area contributed by atoms with E-state index >= 15 is 0 Å². The van der Waals surface area contributed by atoms with Crippen LogP contribution in [0.4, 0.5) is 10.1 Å². The molecule has 126 valence electrons. The summed E-state index contributed by atoms with van der Waals surface area (Å²) in [6.07, 6.45) is 5.26. The minimum atomic E-state index is -0.328. The number of carbonyl (C=O) groups is 1. The highest BCUT2D eigenvalue weighted by molar-refractivity contribution is 6.08. The van der Waals surface area contributed by atoms with Crippen molar-refractivity contribution in [3.05, 3.63) is 53.7 Å². The SMILES string of the molecule is Cc1ccc(F)cc1-c1nc(C)c2ccncc2c1NC(=O)C1CC1. The highest BCUT2D eigenvalue weighted by atomic mass is 19.1. The lowest BCUT2D eigenvalue weighted by molar-refractivity contribution is -0.117. The third-order valence-corrected chi connectivity index (χ3v) is 4.65. The van der Waals surface area contributed by atoms with Crippen molar-refractivity contribution in [3.8, 4) is 11.3 Å². The Hall–Kier alpha value is -2.82. The Balaban J connectivity index is 1.98. The summed E-state index contributed by atoms with van der Waals surface area (Å²) in [6, 6.07) is 6.50. The molecule has 1 saturated carbocycles. The Morgan fingerprint density at radius 1 is 1.20 bits per heavy atom.